The molecule has 4 aromatic rings. The molecule has 4 rings (SSSR count). The third kappa shape index (κ3) is 3.81. The summed E-state index contributed by atoms with van der Waals surface area (Å²) >= 11 is 0. The van der Waals surface area contributed by atoms with Crippen LogP contribution in [0.25, 0.3) is 16.7 Å². The van der Waals surface area contributed by atoms with E-state index in [-0.39, 0.29) is 12.3 Å². The highest BCUT2D eigenvalue weighted by molar-refractivity contribution is 5.94. The SMILES string of the molecule is Cc1c[nH]c(=O)n1-c1ccccc1NC(=O)COc1ccc2ccc(=O)oc2c1. The van der Waals surface area contributed by atoms with Gasteiger partial charge in [0.1, 0.15) is 11.3 Å². The number of carbonyl (C=O) groups excluding carboxylic acids is 1. The topological polar surface area (TPSA) is 106 Å². The van der Waals surface area contributed by atoms with Crippen LogP contribution in [0.2, 0.25) is 0 Å². The van der Waals surface area contributed by atoms with Gasteiger partial charge in [-0.15, -0.1) is 0 Å². The number of fused-ring (bicyclic) bond motifs is 1. The van der Waals surface area contributed by atoms with Gasteiger partial charge in [0.25, 0.3) is 5.91 Å². The molecular formula is C21H17N3O5. The number of amides is 1. The Labute approximate surface area is 164 Å². The highest BCUT2D eigenvalue weighted by atomic mass is 16.5. The molecule has 8 heteroatoms. The molecule has 146 valence electrons. The van der Waals surface area contributed by atoms with Crippen molar-refractivity contribution in [1.29, 1.82) is 0 Å². The predicted molar refractivity (Wildman–Crippen MR) is 108 cm³/mol. The number of rotatable bonds is 5. The van der Waals surface area contributed by atoms with Crippen molar-refractivity contribution in [3.8, 4) is 11.4 Å². The van der Waals surface area contributed by atoms with E-state index in [1.54, 1.807) is 61.7 Å². The lowest BCUT2D eigenvalue weighted by Crippen LogP contribution is -2.23. The summed E-state index contributed by atoms with van der Waals surface area (Å²) in [6, 6.07) is 15.0. The molecule has 2 aromatic heterocycles. The van der Waals surface area contributed by atoms with Gasteiger partial charge in [0.05, 0.1) is 11.4 Å². The Morgan fingerprint density at radius 3 is 2.72 bits per heavy atom. The Hall–Kier alpha value is -4.07. The van der Waals surface area contributed by atoms with Gasteiger partial charge in [-0.1, -0.05) is 12.1 Å². The van der Waals surface area contributed by atoms with Gasteiger partial charge < -0.3 is 19.5 Å². The van der Waals surface area contributed by atoms with Crippen molar-refractivity contribution < 1.29 is 13.9 Å². The molecule has 29 heavy (non-hydrogen) atoms. The number of carbonyl (C=O) groups is 1. The third-order valence-corrected chi connectivity index (χ3v) is 4.34. The fourth-order valence-electron chi connectivity index (χ4n) is 3.00. The summed E-state index contributed by atoms with van der Waals surface area (Å²) in [5, 5.41) is 3.51. The number of anilines is 1. The van der Waals surface area contributed by atoms with E-state index in [2.05, 4.69) is 10.3 Å². The van der Waals surface area contributed by atoms with Gasteiger partial charge in [0.2, 0.25) is 0 Å². The third-order valence-electron chi connectivity index (χ3n) is 4.34. The van der Waals surface area contributed by atoms with Crippen molar-refractivity contribution in [2.24, 2.45) is 0 Å². The minimum Gasteiger partial charge on any atom is -0.484 e. The van der Waals surface area contributed by atoms with Gasteiger partial charge in [-0.05, 0) is 37.3 Å². The molecule has 0 aliphatic rings. The maximum atomic E-state index is 12.4. The van der Waals surface area contributed by atoms with Crippen molar-refractivity contribution in [3.05, 3.63) is 87.4 Å². The molecule has 1 amide bonds. The first kappa shape index (κ1) is 18.3. The fraction of sp³-hybridized carbons (Fsp3) is 0.0952. The minimum absolute atomic E-state index is 0.252. The monoisotopic (exact) mass is 391 g/mol. The van der Waals surface area contributed by atoms with Crippen molar-refractivity contribution >= 4 is 22.6 Å². The standard InChI is InChI=1S/C21H17N3O5/c1-13-11-22-21(27)24(13)17-5-3-2-4-16(17)23-19(25)12-28-15-8-6-14-7-9-20(26)29-18(14)10-15/h2-11H,12H2,1H3,(H,22,27)(H,23,25). The second-order valence-electron chi connectivity index (χ2n) is 6.38. The molecule has 2 heterocycles. The number of benzene rings is 2. The first-order valence-corrected chi connectivity index (χ1v) is 8.84. The fourth-order valence-corrected chi connectivity index (χ4v) is 3.00. The molecule has 0 unspecified atom stereocenters. The van der Waals surface area contributed by atoms with Crippen LogP contribution in [0.5, 0.6) is 5.75 Å². The Morgan fingerprint density at radius 1 is 1.14 bits per heavy atom. The number of imidazole rings is 1. The summed E-state index contributed by atoms with van der Waals surface area (Å²) < 4.78 is 12.1. The van der Waals surface area contributed by atoms with Crippen LogP contribution in [-0.4, -0.2) is 22.1 Å². The summed E-state index contributed by atoms with van der Waals surface area (Å²) in [6.45, 7) is 1.54. The van der Waals surface area contributed by atoms with Crippen LogP contribution >= 0.6 is 0 Å². The highest BCUT2D eigenvalue weighted by Crippen LogP contribution is 2.21. The number of nitrogens with zero attached hydrogens (tertiary/aromatic N) is 1. The lowest BCUT2D eigenvalue weighted by atomic mass is 10.2. The van der Waals surface area contributed by atoms with Crippen molar-refractivity contribution in [1.82, 2.24) is 9.55 Å². The number of aromatic nitrogens is 2. The molecule has 0 bridgehead atoms. The average molecular weight is 391 g/mol. The number of para-hydroxylation sites is 2. The van der Waals surface area contributed by atoms with Crippen LogP contribution in [0.4, 0.5) is 5.69 Å². The molecule has 2 aromatic carbocycles. The number of ether oxygens (including phenoxy) is 1. The van der Waals surface area contributed by atoms with Crippen LogP contribution in [0.15, 0.2) is 74.8 Å². The van der Waals surface area contributed by atoms with Gasteiger partial charge in [0, 0.05) is 29.4 Å². The second kappa shape index (κ2) is 7.51. The van der Waals surface area contributed by atoms with Crippen LogP contribution in [0.3, 0.4) is 0 Å². The molecule has 0 saturated heterocycles. The minimum atomic E-state index is -0.459. The number of nitrogens with one attached hydrogen (secondary N) is 2. The maximum absolute atomic E-state index is 12.4. The lowest BCUT2D eigenvalue weighted by Gasteiger charge is -2.13. The summed E-state index contributed by atoms with van der Waals surface area (Å²) in [5.74, 6) is 0.00119. The first-order valence-electron chi connectivity index (χ1n) is 8.84. The summed E-state index contributed by atoms with van der Waals surface area (Å²) in [4.78, 5) is 38.4. The van der Waals surface area contributed by atoms with E-state index in [1.165, 1.54) is 10.6 Å². The van der Waals surface area contributed by atoms with Crippen molar-refractivity contribution in [2.45, 2.75) is 6.92 Å². The van der Waals surface area contributed by atoms with E-state index >= 15 is 0 Å². The molecule has 0 spiro atoms. The first-order chi connectivity index (χ1) is 14.0. The normalized spacial score (nSPS) is 10.8. The molecule has 0 atom stereocenters. The number of aromatic amines is 1. The predicted octanol–water partition coefficient (Wildman–Crippen LogP) is 2.60. The zero-order chi connectivity index (χ0) is 20.4. The Bertz CT molecular complexity index is 1320. The van der Waals surface area contributed by atoms with E-state index in [4.69, 9.17) is 9.15 Å². The number of hydrogen-bond donors (Lipinski definition) is 2. The second-order valence-corrected chi connectivity index (χ2v) is 6.38. The van der Waals surface area contributed by atoms with Gasteiger partial charge >= 0.3 is 11.3 Å². The van der Waals surface area contributed by atoms with E-state index in [0.717, 1.165) is 5.39 Å². The zero-order valence-electron chi connectivity index (χ0n) is 15.5. The van der Waals surface area contributed by atoms with Crippen LogP contribution in [0.1, 0.15) is 5.69 Å². The summed E-state index contributed by atoms with van der Waals surface area (Å²) in [5.41, 5.74) is 1.37. The maximum Gasteiger partial charge on any atom is 0.336 e. The molecule has 0 aliphatic carbocycles. The van der Waals surface area contributed by atoms with Gasteiger partial charge in [0.15, 0.2) is 6.61 Å². The summed E-state index contributed by atoms with van der Waals surface area (Å²) in [7, 11) is 0. The largest absolute Gasteiger partial charge is 0.484 e. The van der Waals surface area contributed by atoms with Gasteiger partial charge in [-0.3, -0.25) is 9.36 Å². The molecule has 0 aliphatic heterocycles. The Kier molecular flexibility index (Phi) is 4.74. The zero-order valence-corrected chi connectivity index (χ0v) is 15.5. The smallest absolute Gasteiger partial charge is 0.336 e. The molecular weight excluding hydrogens is 374 g/mol. The average Bonchev–Trinajstić information content (AvgIpc) is 3.04. The van der Waals surface area contributed by atoms with E-state index in [0.29, 0.717) is 28.4 Å². The summed E-state index contributed by atoms with van der Waals surface area (Å²) in [6.07, 6.45) is 1.60. The molecule has 2 N–H and O–H groups in total. The molecule has 0 radical (unpaired) electrons. The van der Waals surface area contributed by atoms with Crippen LogP contribution in [0, 0.1) is 6.92 Å². The van der Waals surface area contributed by atoms with Gasteiger partial charge in [-0.25, -0.2) is 9.59 Å². The van der Waals surface area contributed by atoms with E-state index in [1.807, 2.05) is 0 Å². The van der Waals surface area contributed by atoms with Gasteiger partial charge in [-0.2, -0.15) is 0 Å². The van der Waals surface area contributed by atoms with Crippen LogP contribution < -0.4 is 21.4 Å². The lowest BCUT2D eigenvalue weighted by molar-refractivity contribution is -0.118. The quantitative estimate of drug-likeness (QED) is 0.509. The molecule has 0 fully saturated rings. The van der Waals surface area contributed by atoms with E-state index in [9.17, 15) is 14.4 Å². The molecule has 8 nitrogen and oxygen atoms in total. The number of aryl methyl sites for hydroxylation is 1. The van der Waals surface area contributed by atoms with E-state index < -0.39 is 11.5 Å². The Balaban J connectivity index is 1.50. The highest BCUT2D eigenvalue weighted by Gasteiger charge is 2.12. The number of hydrogen-bond acceptors (Lipinski definition) is 5. The Morgan fingerprint density at radius 2 is 1.93 bits per heavy atom. The molecule has 0 saturated carbocycles. The van der Waals surface area contributed by atoms with Crippen molar-refractivity contribution in [2.75, 3.05) is 11.9 Å². The van der Waals surface area contributed by atoms with Crippen molar-refractivity contribution in [3.63, 3.8) is 0 Å². The van der Waals surface area contributed by atoms with Crippen LogP contribution in [-0.2, 0) is 4.79 Å². The number of H-pyrrole nitrogens is 1.